The molecule has 4 N–H and O–H groups in total. The van der Waals surface area contributed by atoms with E-state index in [0.717, 1.165) is 79.7 Å². The number of likely N-dealkylation sites (N-methyl/N-ethyl adjacent to an activating group) is 1. The van der Waals surface area contributed by atoms with Gasteiger partial charge in [-0.1, -0.05) is 5.16 Å². The maximum atomic E-state index is 10.6. The number of nitriles is 2. The Morgan fingerprint density at radius 3 is 2.67 bits per heavy atom. The lowest BCUT2D eigenvalue weighted by molar-refractivity contribution is 0.0944. The van der Waals surface area contributed by atoms with E-state index in [1.807, 2.05) is 4.68 Å². The summed E-state index contributed by atoms with van der Waals surface area (Å²) >= 11 is 1.52. The highest BCUT2D eigenvalue weighted by molar-refractivity contribution is 7.16. The first-order valence-corrected chi connectivity index (χ1v) is 16.6. The molecule has 234 valence electrons. The first-order chi connectivity index (χ1) is 21.6. The van der Waals surface area contributed by atoms with Crippen LogP contribution in [0.3, 0.4) is 0 Å². The number of nitrogens with two attached hydrogens (primary N) is 1. The number of rotatable bonds is 6. The first kappa shape index (κ1) is 29.7. The zero-order valence-corrected chi connectivity index (χ0v) is 27.0. The lowest BCUT2D eigenvalue weighted by Gasteiger charge is -2.39. The standard InChI is InChI=1S/C32H38N10O2S/c1-17(21-9-7-13-41(21)4)42-30-23(20(15-34)39-42)28(36-16-31(2,3)43)37-29(38-30)25-18-8-5-11-32(26(18)44-40-25)12-6-10-22-24(32)19(14-33)27(35)45-22/h17,21,43H,5-13,16,35H2,1-4H3,(H,36,37,38). The predicted molar refractivity (Wildman–Crippen MR) is 171 cm³/mol. The molecular formula is C32H38N10O2S. The van der Waals surface area contributed by atoms with E-state index in [1.165, 1.54) is 11.3 Å². The van der Waals surface area contributed by atoms with Gasteiger partial charge in [-0.2, -0.15) is 15.6 Å². The number of anilines is 2. The Kier molecular flexibility index (Phi) is 7.11. The molecule has 0 radical (unpaired) electrons. The Morgan fingerprint density at radius 1 is 1.20 bits per heavy atom. The van der Waals surface area contributed by atoms with Gasteiger partial charge in [0.15, 0.2) is 28.6 Å². The van der Waals surface area contributed by atoms with E-state index in [1.54, 1.807) is 13.8 Å². The van der Waals surface area contributed by atoms with Crippen LogP contribution in [0.4, 0.5) is 10.8 Å². The minimum atomic E-state index is -1.03. The van der Waals surface area contributed by atoms with E-state index in [2.05, 4.69) is 41.5 Å². The fourth-order valence-corrected chi connectivity index (χ4v) is 9.02. The van der Waals surface area contributed by atoms with E-state index in [-0.39, 0.29) is 24.3 Å². The van der Waals surface area contributed by atoms with Gasteiger partial charge in [-0.15, -0.1) is 11.3 Å². The lowest BCUT2D eigenvalue weighted by atomic mass is 9.63. The molecule has 4 aromatic heterocycles. The van der Waals surface area contributed by atoms with Crippen molar-refractivity contribution in [2.45, 2.75) is 95.2 Å². The van der Waals surface area contributed by atoms with Crippen LogP contribution in [-0.2, 0) is 18.3 Å². The Balaban J connectivity index is 1.41. The fraction of sp³-hybridized carbons (Fsp3) is 0.562. The monoisotopic (exact) mass is 626 g/mol. The highest BCUT2D eigenvalue weighted by Gasteiger charge is 2.49. The molecule has 1 fully saturated rings. The largest absolute Gasteiger partial charge is 0.389 e. The van der Waals surface area contributed by atoms with Crippen molar-refractivity contribution < 1.29 is 9.63 Å². The molecule has 4 aromatic rings. The minimum Gasteiger partial charge on any atom is -0.389 e. The molecule has 3 aliphatic rings. The van der Waals surface area contributed by atoms with Crippen LogP contribution < -0.4 is 11.1 Å². The summed E-state index contributed by atoms with van der Waals surface area (Å²) in [4.78, 5) is 13.5. The van der Waals surface area contributed by atoms with Gasteiger partial charge in [0.05, 0.1) is 28.0 Å². The van der Waals surface area contributed by atoms with Crippen molar-refractivity contribution in [3.63, 3.8) is 0 Å². The number of nitrogens with zero attached hydrogens (tertiary/aromatic N) is 8. The van der Waals surface area contributed by atoms with Crippen molar-refractivity contribution in [1.29, 1.82) is 10.5 Å². The van der Waals surface area contributed by atoms with Gasteiger partial charge in [0, 0.05) is 23.0 Å². The van der Waals surface area contributed by atoms with Crippen molar-refractivity contribution in [2.75, 3.05) is 31.2 Å². The molecule has 1 saturated heterocycles. The van der Waals surface area contributed by atoms with Gasteiger partial charge >= 0.3 is 0 Å². The summed E-state index contributed by atoms with van der Waals surface area (Å²) in [5.74, 6) is 1.58. The van der Waals surface area contributed by atoms with Crippen LogP contribution in [0, 0.1) is 22.7 Å². The summed E-state index contributed by atoms with van der Waals surface area (Å²) in [5, 5.41) is 44.5. The van der Waals surface area contributed by atoms with E-state index in [0.29, 0.717) is 38.9 Å². The van der Waals surface area contributed by atoms with Crippen molar-refractivity contribution in [2.24, 2.45) is 0 Å². The number of hydrogen-bond acceptors (Lipinski definition) is 12. The number of fused-ring (bicyclic) bond motifs is 5. The van der Waals surface area contributed by atoms with Gasteiger partial charge in [-0.3, -0.25) is 0 Å². The molecular weight excluding hydrogens is 588 g/mol. The van der Waals surface area contributed by atoms with E-state index in [9.17, 15) is 15.6 Å². The highest BCUT2D eigenvalue weighted by atomic mass is 32.1. The Hall–Kier alpha value is -4.04. The Labute approximate surface area is 265 Å². The number of aliphatic hydroxyl groups is 1. The molecule has 13 heteroatoms. The van der Waals surface area contributed by atoms with Crippen molar-refractivity contribution in [1.82, 2.24) is 29.8 Å². The molecule has 0 bridgehead atoms. The SMILES string of the molecule is CC(C1CCCN1C)n1nc(C#N)c2c(NCC(C)(C)O)nc(-c3noc4c3CCCC43CCCc4sc(N)c(C#N)c43)nc21. The molecule has 1 aliphatic heterocycles. The maximum absolute atomic E-state index is 10.6. The quantitative estimate of drug-likeness (QED) is 0.271. The van der Waals surface area contributed by atoms with Crippen molar-refractivity contribution in [3.05, 3.63) is 33.0 Å². The number of nitrogen functional groups attached to an aromatic ring is 1. The van der Waals surface area contributed by atoms with E-state index in [4.69, 9.17) is 25.3 Å². The van der Waals surface area contributed by atoms with Gasteiger partial charge in [-0.05, 0) is 91.3 Å². The molecule has 5 heterocycles. The Bertz CT molecular complexity index is 1880. The summed E-state index contributed by atoms with van der Waals surface area (Å²) in [5.41, 5.74) is 8.71. The summed E-state index contributed by atoms with van der Waals surface area (Å²) < 4.78 is 8.11. The number of nitrogens with one attached hydrogen (secondary N) is 1. The van der Waals surface area contributed by atoms with Crippen LogP contribution in [0.1, 0.15) is 98.4 Å². The topological polar surface area (TPSA) is 179 Å². The molecule has 0 aromatic carbocycles. The zero-order chi connectivity index (χ0) is 31.7. The third kappa shape index (κ3) is 4.68. The number of aromatic nitrogens is 5. The van der Waals surface area contributed by atoms with Crippen LogP contribution >= 0.6 is 11.3 Å². The maximum Gasteiger partial charge on any atom is 0.186 e. The van der Waals surface area contributed by atoms with Gasteiger partial charge < -0.3 is 25.6 Å². The van der Waals surface area contributed by atoms with Crippen LogP contribution in [0.25, 0.3) is 22.6 Å². The first-order valence-electron chi connectivity index (χ1n) is 15.7. The smallest absolute Gasteiger partial charge is 0.186 e. The number of aryl methyl sites for hydroxylation is 1. The third-order valence-electron chi connectivity index (χ3n) is 9.94. The van der Waals surface area contributed by atoms with Crippen LogP contribution in [0.5, 0.6) is 0 Å². The second kappa shape index (κ2) is 10.8. The van der Waals surface area contributed by atoms with E-state index >= 15 is 0 Å². The third-order valence-corrected chi connectivity index (χ3v) is 11.0. The summed E-state index contributed by atoms with van der Waals surface area (Å²) in [6.45, 7) is 6.76. The van der Waals surface area contributed by atoms with Gasteiger partial charge in [0.1, 0.15) is 23.0 Å². The Morgan fingerprint density at radius 2 is 1.98 bits per heavy atom. The fourth-order valence-electron chi connectivity index (χ4n) is 7.86. The average molecular weight is 627 g/mol. The van der Waals surface area contributed by atoms with Crippen LogP contribution in [-0.4, -0.2) is 66.7 Å². The molecule has 3 atom stereocenters. The lowest BCUT2D eigenvalue weighted by Crippen LogP contribution is -2.35. The molecule has 7 rings (SSSR count). The molecule has 3 unspecified atom stereocenters. The number of hydrogen-bond donors (Lipinski definition) is 3. The zero-order valence-electron chi connectivity index (χ0n) is 26.1. The van der Waals surface area contributed by atoms with Gasteiger partial charge in [0.2, 0.25) is 0 Å². The second-order valence-corrected chi connectivity index (χ2v) is 14.6. The molecule has 12 nitrogen and oxygen atoms in total. The summed E-state index contributed by atoms with van der Waals surface area (Å²) in [7, 11) is 2.12. The van der Waals surface area contributed by atoms with Crippen LogP contribution in [0.2, 0.25) is 0 Å². The van der Waals surface area contributed by atoms with Gasteiger partial charge in [-0.25, -0.2) is 14.6 Å². The van der Waals surface area contributed by atoms with Crippen LogP contribution in [0.15, 0.2) is 4.52 Å². The predicted octanol–water partition coefficient (Wildman–Crippen LogP) is 4.67. The summed E-state index contributed by atoms with van der Waals surface area (Å²) in [6.07, 6.45) is 7.37. The van der Waals surface area contributed by atoms with Crippen molar-refractivity contribution in [3.8, 4) is 23.7 Å². The minimum absolute atomic E-state index is 0.0458. The molecule has 0 amide bonds. The molecule has 1 spiro atoms. The molecule has 2 aliphatic carbocycles. The van der Waals surface area contributed by atoms with E-state index < -0.39 is 11.0 Å². The normalized spacial score (nSPS) is 22.2. The van der Waals surface area contributed by atoms with Gasteiger partial charge in [0.25, 0.3) is 0 Å². The second-order valence-electron chi connectivity index (χ2n) is 13.5. The molecule has 0 saturated carbocycles. The summed E-state index contributed by atoms with van der Waals surface area (Å²) in [6, 6.07) is 4.83. The molecule has 45 heavy (non-hydrogen) atoms. The highest BCUT2D eigenvalue weighted by Crippen LogP contribution is 2.55. The average Bonchev–Trinajstić information content (AvgIpc) is 3.79. The van der Waals surface area contributed by atoms with Crippen molar-refractivity contribution >= 4 is 33.2 Å². The number of likely N-dealkylation sites (tertiary alicyclic amines) is 1. The number of thiophene rings is 1.